The lowest BCUT2D eigenvalue weighted by molar-refractivity contribution is -0.140. The van der Waals surface area contributed by atoms with Gasteiger partial charge >= 0.3 is 5.97 Å². The van der Waals surface area contributed by atoms with Crippen LogP contribution in [0.1, 0.15) is 65.6 Å². The molecule has 0 spiro atoms. The smallest absolute Gasteiger partial charge is 0.347 e. The second-order valence-corrected chi connectivity index (χ2v) is 9.31. The molecule has 2 heterocycles. The van der Waals surface area contributed by atoms with Crippen LogP contribution in [0.15, 0.2) is 24.3 Å². The molecule has 0 radical (unpaired) electrons. The van der Waals surface area contributed by atoms with Crippen molar-refractivity contribution < 1.29 is 14.7 Å². The predicted octanol–water partition coefficient (Wildman–Crippen LogP) is 4.80. The third kappa shape index (κ3) is 4.33. The number of thiazole rings is 1. The normalized spacial score (nSPS) is 17.3. The maximum Gasteiger partial charge on any atom is 0.347 e. The van der Waals surface area contributed by atoms with E-state index in [0.717, 1.165) is 18.4 Å². The minimum Gasteiger partial charge on any atom is -0.477 e. The Morgan fingerprint density at radius 1 is 1.30 bits per heavy atom. The summed E-state index contributed by atoms with van der Waals surface area (Å²) in [7, 11) is 0. The largest absolute Gasteiger partial charge is 0.477 e. The molecule has 0 aliphatic carbocycles. The second kappa shape index (κ2) is 7.60. The van der Waals surface area contributed by atoms with Crippen molar-refractivity contribution >= 4 is 34.8 Å². The number of amides is 1. The molecule has 5 nitrogen and oxygen atoms in total. The fourth-order valence-electron chi connectivity index (χ4n) is 3.29. The van der Waals surface area contributed by atoms with Crippen molar-refractivity contribution in [2.75, 3.05) is 6.54 Å². The standard InChI is InChI=1S/C20H23ClN2O3S/c1-20(2,3)19(26)23-10-4-5-15(23)17-22-14(16(27-17)18(24)25)11-12-6-8-13(21)9-7-12/h6-9,15H,4-5,10-11H2,1-3H3,(H,24,25)/t15-/m0/s1. The van der Waals surface area contributed by atoms with Gasteiger partial charge in [0, 0.05) is 23.4 Å². The van der Waals surface area contributed by atoms with Crippen LogP contribution in [0.5, 0.6) is 0 Å². The first-order chi connectivity index (χ1) is 12.7. The number of aromatic carboxylic acids is 1. The van der Waals surface area contributed by atoms with E-state index in [1.165, 1.54) is 11.3 Å². The highest BCUT2D eigenvalue weighted by Gasteiger charge is 2.37. The maximum absolute atomic E-state index is 12.8. The number of likely N-dealkylation sites (tertiary alicyclic amines) is 1. The highest BCUT2D eigenvalue weighted by Crippen LogP contribution is 2.38. The van der Waals surface area contributed by atoms with E-state index in [2.05, 4.69) is 4.98 Å². The third-order valence-electron chi connectivity index (χ3n) is 4.63. The molecular formula is C20H23ClN2O3S. The van der Waals surface area contributed by atoms with Crippen LogP contribution >= 0.6 is 22.9 Å². The summed E-state index contributed by atoms with van der Waals surface area (Å²) in [5.74, 6) is -0.897. The van der Waals surface area contributed by atoms with Crippen molar-refractivity contribution in [1.29, 1.82) is 0 Å². The van der Waals surface area contributed by atoms with Gasteiger partial charge in [-0.3, -0.25) is 4.79 Å². The molecule has 27 heavy (non-hydrogen) atoms. The molecule has 1 aliphatic rings. The lowest BCUT2D eigenvalue weighted by Crippen LogP contribution is -2.38. The molecule has 7 heteroatoms. The quantitative estimate of drug-likeness (QED) is 0.791. The number of hydrogen-bond acceptors (Lipinski definition) is 4. The highest BCUT2D eigenvalue weighted by molar-refractivity contribution is 7.13. The topological polar surface area (TPSA) is 70.5 Å². The fourth-order valence-corrected chi connectivity index (χ4v) is 4.49. The Balaban J connectivity index is 1.91. The van der Waals surface area contributed by atoms with Gasteiger partial charge in [-0.1, -0.05) is 44.5 Å². The summed E-state index contributed by atoms with van der Waals surface area (Å²) < 4.78 is 0. The molecule has 144 valence electrons. The number of halogens is 1. The molecule has 1 atom stereocenters. The van der Waals surface area contributed by atoms with E-state index in [-0.39, 0.29) is 16.8 Å². The SMILES string of the molecule is CC(C)(C)C(=O)N1CCC[C@H]1c1nc(Cc2ccc(Cl)cc2)c(C(=O)O)s1. The third-order valence-corrected chi connectivity index (χ3v) is 6.07. The molecule has 1 amide bonds. The monoisotopic (exact) mass is 406 g/mol. The lowest BCUT2D eigenvalue weighted by Gasteiger charge is -2.29. The number of carbonyl (C=O) groups excluding carboxylic acids is 1. The van der Waals surface area contributed by atoms with Crippen LogP contribution in [-0.4, -0.2) is 33.4 Å². The summed E-state index contributed by atoms with van der Waals surface area (Å²) >= 11 is 7.11. The molecule has 1 saturated heterocycles. The Bertz CT molecular complexity index is 855. The van der Waals surface area contributed by atoms with Crippen LogP contribution in [0.25, 0.3) is 0 Å². The number of nitrogens with zero attached hydrogens (tertiary/aromatic N) is 2. The van der Waals surface area contributed by atoms with E-state index < -0.39 is 11.4 Å². The summed E-state index contributed by atoms with van der Waals surface area (Å²) in [4.78, 5) is 31.3. The molecule has 1 aromatic heterocycles. The van der Waals surface area contributed by atoms with Crippen LogP contribution in [0.4, 0.5) is 0 Å². The van der Waals surface area contributed by atoms with E-state index in [0.29, 0.717) is 28.7 Å². The molecule has 1 aliphatic heterocycles. The number of carboxylic acid groups (broad SMARTS) is 1. The Hall–Kier alpha value is -1.92. The van der Waals surface area contributed by atoms with Crippen LogP contribution < -0.4 is 0 Å². The molecule has 3 rings (SSSR count). The number of carboxylic acids is 1. The molecule has 0 unspecified atom stereocenters. The van der Waals surface area contributed by atoms with Crippen molar-refractivity contribution in [2.24, 2.45) is 5.41 Å². The van der Waals surface area contributed by atoms with Gasteiger partial charge in [0.15, 0.2) is 0 Å². The van der Waals surface area contributed by atoms with Crippen LogP contribution in [0.2, 0.25) is 5.02 Å². The van der Waals surface area contributed by atoms with Crippen molar-refractivity contribution in [3.8, 4) is 0 Å². The Kier molecular flexibility index (Phi) is 5.58. The first-order valence-electron chi connectivity index (χ1n) is 8.95. The number of rotatable bonds is 4. The zero-order valence-electron chi connectivity index (χ0n) is 15.7. The molecule has 1 N–H and O–H groups in total. The summed E-state index contributed by atoms with van der Waals surface area (Å²) in [6.07, 6.45) is 2.14. The van der Waals surface area contributed by atoms with E-state index >= 15 is 0 Å². The Morgan fingerprint density at radius 2 is 1.96 bits per heavy atom. The number of aromatic nitrogens is 1. The Morgan fingerprint density at radius 3 is 2.56 bits per heavy atom. The van der Waals surface area contributed by atoms with Crippen molar-refractivity contribution in [1.82, 2.24) is 9.88 Å². The minimum atomic E-state index is -0.977. The van der Waals surface area contributed by atoms with E-state index in [1.54, 1.807) is 12.1 Å². The molecule has 0 saturated carbocycles. The average molecular weight is 407 g/mol. The van der Waals surface area contributed by atoms with E-state index in [1.807, 2.05) is 37.8 Å². The van der Waals surface area contributed by atoms with Crippen LogP contribution in [0.3, 0.4) is 0 Å². The van der Waals surface area contributed by atoms with Crippen molar-refractivity contribution in [3.05, 3.63) is 50.4 Å². The van der Waals surface area contributed by atoms with Gasteiger partial charge in [0.2, 0.25) is 5.91 Å². The van der Waals surface area contributed by atoms with Crippen molar-refractivity contribution in [2.45, 2.75) is 46.1 Å². The molecule has 1 aromatic carbocycles. The van der Waals surface area contributed by atoms with Crippen LogP contribution in [0, 0.1) is 5.41 Å². The predicted molar refractivity (Wildman–Crippen MR) is 106 cm³/mol. The molecular weight excluding hydrogens is 384 g/mol. The lowest BCUT2D eigenvalue weighted by atomic mass is 9.94. The number of carbonyl (C=O) groups is 2. The van der Waals surface area contributed by atoms with Gasteiger partial charge in [0.1, 0.15) is 9.88 Å². The number of benzene rings is 1. The van der Waals surface area contributed by atoms with Gasteiger partial charge in [0.05, 0.1) is 11.7 Å². The van der Waals surface area contributed by atoms with E-state index in [9.17, 15) is 14.7 Å². The molecule has 1 fully saturated rings. The van der Waals surface area contributed by atoms with E-state index in [4.69, 9.17) is 11.6 Å². The zero-order valence-corrected chi connectivity index (χ0v) is 17.2. The summed E-state index contributed by atoms with van der Waals surface area (Å²) in [5, 5.41) is 11.0. The summed E-state index contributed by atoms with van der Waals surface area (Å²) in [5.41, 5.74) is 1.02. The first kappa shape index (κ1) is 19.8. The highest BCUT2D eigenvalue weighted by atomic mass is 35.5. The summed E-state index contributed by atoms with van der Waals surface area (Å²) in [6, 6.07) is 7.17. The van der Waals surface area contributed by atoms with Crippen molar-refractivity contribution in [3.63, 3.8) is 0 Å². The second-order valence-electron chi connectivity index (χ2n) is 7.84. The average Bonchev–Trinajstić information content (AvgIpc) is 3.22. The van der Waals surface area contributed by atoms with Gasteiger partial charge in [-0.25, -0.2) is 9.78 Å². The van der Waals surface area contributed by atoms with Crippen LogP contribution in [-0.2, 0) is 11.2 Å². The zero-order chi connectivity index (χ0) is 19.8. The van der Waals surface area contributed by atoms with Gasteiger partial charge in [-0.2, -0.15) is 0 Å². The fraction of sp³-hybridized carbons (Fsp3) is 0.450. The van der Waals surface area contributed by atoms with Gasteiger partial charge < -0.3 is 10.0 Å². The summed E-state index contributed by atoms with van der Waals surface area (Å²) in [6.45, 7) is 6.40. The molecule has 0 bridgehead atoms. The molecule has 2 aromatic rings. The first-order valence-corrected chi connectivity index (χ1v) is 10.1. The maximum atomic E-state index is 12.8. The Labute approximate surface area is 168 Å². The minimum absolute atomic E-state index is 0.0799. The van der Waals surface area contributed by atoms with Gasteiger partial charge in [-0.05, 0) is 30.5 Å². The van der Waals surface area contributed by atoms with Gasteiger partial charge in [-0.15, -0.1) is 11.3 Å². The van der Waals surface area contributed by atoms with Gasteiger partial charge in [0.25, 0.3) is 0 Å². The number of hydrogen-bond donors (Lipinski definition) is 1.